The van der Waals surface area contributed by atoms with Crippen molar-refractivity contribution < 1.29 is 14.7 Å². The number of phenols is 1. The first-order valence-electron chi connectivity index (χ1n) is 14.0. The molecule has 0 radical (unpaired) electrons. The van der Waals surface area contributed by atoms with Crippen LogP contribution in [0.1, 0.15) is 52.4 Å². The molecule has 0 aliphatic carbocycles. The van der Waals surface area contributed by atoms with E-state index in [-0.39, 0.29) is 10.8 Å². The summed E-state index contributed by atoms with van der Waals surface area (Å²) in [7, 11) is 0. The van der Waals surface area contributed by atoms with E-state index in [1.807, 2.05) is 0 Å². The van der Waals surface area contributed by atoms with Gasteiger partial charge in [0.15, 0.2) is 0 Å². The molecule has 0 aromatic heterocycles. The Morgan fingerprint density at radius 2 is 1.85 bits per heavy atom. The molecule has 2 aliphatic rings. The fourth-order valence-electron chi connectivity index (χ4n) is 4.41. The number of carbonyl (C=O) groups is 2. The molecule has 1 aromatic carbocycles. The molecule has 2 saturated heterocycles. The van der Waals surface area contributed by atoms with Crippen molar-refractivity contribution in [1.82, 2.24) is 14.7 Å². The van der Waals surface area contributed by atoms with E-state index in [1.54, 1.807) is 6.07 Å². The van der Waals surface area contributed by atoms with Crippen LogP contribution in [0, 0.1) is 0 Å². The highest BCUT2D eigenvalue weighted by atomic mass is 35.5. The second-order valence-corrected chi connectivity index (χ2v) is 10.1. The van der Waals surface area contributed by atoms with Gasteiger partial charge in [-0.2, -0.15) is 0 Å². The van der Waals surface area contributed by atoms with Crippen molar-refractivity contribution in [3.05, 3.63) is 71.5 Å². The Morgan fingerprint density at radius 1 is 1.08 bits per heavy atom. The maximum atomic E-state index is 12.6. The van der Waals surface area contributed by atoms with Crippen LogP contribution in [0.25, 0.3) is 0 Å². The Bertz CT molecular complexity index is 1020. The van der Waals surface area contributed by atoms with Gasteiger partial charge in [-0.3, -0.25) is 14.5 Å². The van der Waals surface area contributed by atoms with Gasteiger partial charge in [0.05, 0.1) is 11.6 Å². The predicted octanol–water partition coefficient (Wildman–Crippen LogP) is 5.99. The standard InChI is InChI=1S/C24H39N3O.C7H6ClNO2/c1-4-6-7-8-12-23(22(3)5-2)13-18-25-16-11-17-27(20-19-25)24(28)21-26-14-9-10-15-26;8-6-3-5(9-4-10)1-2-7(6)11/h6-7,12-13,18H,3-5,8-11,14-17,19-21H2,1-2H3;1-4,11H,(H,9,10)/b7-6-,18-13+,23-12?;. The number of amides is 2. The third kappa shape index (κ3) is 12.1. The number of aromatic hydroxyl groups is 1. The highest BCUT2D eigenvalue weighted by molar-refractivity contribution is 6.32. The minimum Gasteiger partial charge on any atom is -0.506 e. The van der Waals surface area contributed by atoms with Crippen LogP contribution < -0.4 is 5.32 Å². The number of halogens is 1. The third-order valence-corrected chi connectivity index (χ3v) is 7.09. The zero-order valence-corrected chi connectivity index (χ0v) is 24.3. The summed E-state index contributed by atoms with van der Waals surface area (Å²) in [5.74, 6) is 0.304. The van der Waals surface area contributed by atoms with Crippen LogP contribution in [-0.2, 0) is 9.59 Å². The highest BCUT2D eigenvalue weighted by Gasteiger charge is 2.21. The number of carbonyl (C=O) groups excluding carboxylic acids is 2. The van der Waals surface area contributed by atoms with Crippen LogP contribution in [0.2, 0.25) is 5.02 Å². The van der Waals surface area contributed by atoms with Gasteiger partial charge in [-0.15, -0.1) is 0 Å². The first-order valence-corrected chi connectivity index (χ1v) is 14.4. The van der Waals surface area contributed by atoms with Crippen molar-refractivity contribution in [2.24, 2.45) is 0 Å². The number of anilines is 1. The number of phenolic OH excluding ortho intramolecular Hbond substituents is 1. The summed E-state index contributed by atoms with van der Waals surface area (Å²) in [6.45, 7) is 14.9. The average Bonchev–Trinajstić information content (AvgIpc) is 3.33. The Labute approximate surface area is 239 Å². The summed E-state index contributed by atoms with van der Waals surface area (Å²) in [6, 6.07) is 4.43. The second-order valence-electron chi connectivity index (χ2n) is 9.73. The summed E-state index contributed by atoms with van der Waals surface area (Å²) in [5, 5.41) is 11.6. The third-order valence-electron chi connectivity index (χ3n) is 6.79. The van der Waals surface area contributed by atoms with Crippen LogP contribution in [0.15, 0.2) is 66.4 Å². The molecule has 1 aromatic rings. The quantitative estimate of drug-likeness (QED) is 0.151. The normalized spacial score (nSPS) is 16.7. The van der Waals surface area contributed by atoms with Gasteiger partial charge < -0.3 is 20.2 Å². The number of hydrogen-bond donors (Lipinski definition) is 2. The fourth-order valence-corrected chi connectivity index (χ4v) is 4.59. The van der Waals surface area contributed by atoms with Crippen molar-refractivity contribution in [2.75, 3.05) is 51.1 Å². The lowest BCUT2D eigenvalue weighted by Gasteiger charge is -2.24. The van der Waals surface area contributed by atoms with Gasteiger partial charge in [0.2, 0.25) is 12.3 Å². The van der Waals surface area contributed by atoms with Crippen molar-refractivity contribution in [2.45, 2.75) is 52.4 Å². The molecule has 3 rings (SSSR count). The number of nitrogens with zero attached hydrogens (tertiary/aromatic N) is 3. The summed E-state index contributed by atoms with van der Waals surface area (Å²) in [6.07, 6.45) is 18.1. The van der Waals surface area contributed by atoms with Crippen LogP contribution in [0.5, 0.6) is 5.75 Å². The van der Waals surface area contributed by atoms with Crippen molar-refractivity contribution in [3.8, 4) is 5.75 Å². The van der Waals surface area contributed by atoms with Gasteiger partial charge in [0.25, 0.3) is 0 Å². The van der Waals surface area contributed by atoms with E-state index < -0.39 is 0 Å². The molecule has 39 heavy (non-hydrogen) atoms. The number of benzene rings is 1. The summed E-state index contributed by atoms with van der Waals surface area (Å²) < 4.78 is 0. The predicted molar refractivity (Wildman–Crippen MR) is 162 cm³/mol. The van der Waals surface area contributed by atoms with Crippen molar-refractivity contribution in [3.63, 3.8) is 0 Å². The summed E-state index contributed by atoms with van der Waals surface area (Å²) in [4.78, 5) is 29.3. The molecule has 214 valence electrons. The summed E-state index contributed by atoms with van der Waals surface area (Å²) >= 11 is 5.54. The topological polar surface area (TPSA) is 76.1 Å². The number of nitrogens with one attached hydrogen (secondary N) is 1. The van der Waals surface area contributed by atoms with E-state index in [0.717, 1.165) is 65.0 Å². The molecule has 0 spiro atoms. The first kappa shape index (κ1) is 32.2. The van der Waals surface area contributed by atoms with Crippen molar-refractivity contribution in [1.29, 1.82) is 0 Å². The molecule has 2 heterocycles. The van der Waals surface area contributed by atoms with Gasteiger partial charge >= 0.3 is 0 Å². The Balaban J connectivity index is 0.000000404. The van der Waals surface area contributed by atoms with Crippen LogP contribution in [0.3, 0.4) is 0 Å². The minimum atomic E-state index is 0.00288. The molecular weight excluding hydrogens is 512 g/mol. The lowest BCUT2D eigenvalue weighted by atomic mass is 10.0. The molecule has 0 atom stereocenters. The molecule has 0 unspecified atom stereocenters. The Kier molecular flexibility index (Phi) is 15.1. The summed E-state index contributed by atoms with van der Waals surface area (Å²) in [5.41, 5.74) is 2.97. The Morgan fingerprint density at radius 3 is 2.51 bits per heavy atom. The average molecular weight is 557 g/mol. The number of rotatable bonds is 11. The molecule has 0 bridgehead atoms. The molecular formula is C31H45ClN4O3. The Hall–Kier alpha value is -3.03. The molecule has 2 amide bonds. The lowest BCUT2D eigenvalue weighted by molar-refractivity contribution is -0.132. The van der Waals surface area contributed by atoms with E-state index in [1.165, 1.54) is 36.1 Å². The molecule has 0 saturated carbocycles. The second kappa shape index (κ2) is 18.3. The van der Waals surface area contributed by atoms with Crippen molar-refractivity contribution >= 4 is 29.6 Å². The van der Waals surface area contributed by atoms with E-state index >= 15 is 0 Å². The van der Waals surface area contributed by atoms with Gasteiger partial charge in [0, 0.05) is 31.9 Å². The van der Waals surface area contributed by atoms with E-state index in [4.69, 9.17) is 16.7 Å². The maximum absolute atomic E-state index is 12.6. The first-order chi connectivity index (χ1) is 18.9. The zero-order valence-electron chi connectivity index (χ0n) is 23.6. The fraction of sp³-hybridized carbons (Fsp3) is 0.484. The number of hydrogen-bond acceptors (Lipinski definition) is 5. The van der Waals surface area contributed by atoms with Crippen LogP contribution >= 0.6 is 11.6 Å². The van der Waals surface area contributed by atoms with E-state index in [0.29, 0.717) is 24.5 Å². The monoisotopic (exact) mass is 556 g/mol. The van der Waals surface area contributed by atoms with Gasteiger partial charge in [0.1, 0.15) is 5.75 Å². The lowest BCUT2D eigenvalue weighted by Crippen LogP contribution is -2.41. The van der Waals surface area contributed by atoms with Crippen LogP contribution in [-0.4, -0.2) is 77.9 Å². The zero-order chi connectivity index (χ0) is 28.5. The highest BCUT2D eigenvalue weighted by Crippen LogP contribution is 2.25. The molecule has 2 fully saturated rings. The SMILES string of the molecule is C=C(CC)C(=CC/C=C\CC)/C=C/N1CCCN(C(=O)CN2CCCC2)CC1.O=CNc1ccc(O)c(Cl)c1. The minimum absolute atomic E-state index is 0.00288. The molecule has 2 N–H and O–H groups in total. The smallest absolute Gasteiger partial charge is 0.236 e. The largest absolute Gasteiger partial charge is 0.506 e. The van der Waals surface area contributed by atoms with E-state index in [9.17, 15) is 9.59 Å². The molecule has 2 aliphatic heterocycles. The van der Waals surface area contributed by atoms with E-state index in [2.05, 4.69) is 70.9 Å². The number of allylic oxidation sites excluding steroid dienone is 6. The van der Waals surface area contributed by atoms with Gasteiger partial charge in [-0.1, -0.05) is 50.3 Å². The van der Waals surface area contributed by atoms with Gasteiger partial charge in [-0.25, -0.2) is 0 Å². The molecule has 8 heteroatoms. The van der Waals surface area contributed by atoms with Crippen LogP contribution in [0.4, 0.5) is 5.69 Å². The number of likely N-dealkylation sites (tertiary alicyclic amines) is 1. The maximum Gasteiger partial charge on any atom is 0.236 e. The molecule has 7 nitrogen and oxygen atoms in total. The van der Waals surface area contributed by atoms with Gasteiger partial charge in [-0.05, 0) is 93.2 Å².